The number of benzene rings is 2. The molecule has 0 atom stereocenters. The van der Waals surface area contributed by atoms with E-state index in [-0.39, 0.29) is 11.6 Å². The number of hydrogen-bond acceptors (Lipinski definition) is 3. The molecule has 2 aromatic carbocycles. The van der Waals surface area contributed by atoms with Gasteiger partial charge in [0.15, 0.2) is 16.7 Å². The topological polar surface area (TPSA) is 58.2 Å². The molecule has 116 valence electrons. The number of anilines is 1. The molecule has 1 aliphatic rings. The summed E-state index contributed by atoms with van der Waals surface area (Å²) < 4.78 is 0. The number of carbonyl (C=O) groups is 2. The maximum Gasteiger partial charge on any atom is 0.196 e. The Bertz CT molecular complexity index is 814. The van der Waals surface area contributed by atoms with Gasteiger partial charge in [0.1, 0.15) is 0 Å². The summed E-state index contributed by atoms with van der Waals surface area (Å²) in [5, 5.41) is 6.53. The van der Waals surface area contributed by atoms with Crippen molar-refractivity contribution in [2.75, 3.05) is 11.9 Å². The molecule has 0 spiro atoms. The lowest BCUT2D eigenvalue weighted by Gasteiger charge is -2.21. The van der Waals surface area contributed by atoms with Crippen LogP contribution in [-0.2, 0) is 0 Å². The normalized spacial score (nSPS) is 12.4. The molecule has 0 aromatic heterocycles. The predicted molar refractivity (Wildman–Crippen MR) is 94.3 cm³/mol. The molecule has 2 N–H and O–H groups in total. The summed E-state index contributed by atoms with van der Waals surface area (Å²) in [6, 6.07) is 12.1. The SMILES string of the molecule is CCCNC(=S)Nc1cccc2c1C(=O)c1ccccc1C2=O. The maximum absolute atomic E-state index is 12.8. The molecule has 0 fully saturated rings. The van der Waals surface area contributed by atoms with Gasteiger partial charge < -0.3 is 10.6 Å². The van der Waals surface area contributed by atoms with Crippen LogP contribution in [0.25, 0.3) is 0 Å². The quantitative estimate of drug-likeness (QED) is 0.725. The largest absolute Gasteiger partial charge is 0.362 e. The van der Waals surface area contributed by atoms with E-state index in [0.29, 0.717) is 33.1 Å². The molecule has 0 amide bonds. The van der Waals surface area contributed by atoms with Gasteiger partial charge in [0, 0.05) is 23.2 Å². The minimum absolute atomic E-state index is 0.133. The highest BCUT2D eigenvalue weighted by Gasteiger charge is 2.31. The number of nitrogens with one attached hydrogen (secondary N) is 2. The first-order chi connectivity index (χ1) is 11.1. The van der Waals surface area contributed by atoms with Crippen molar-refractivity contribution >= 4 is 34.6 Å². The predicted octanol–water partition coefficient (Wildman–Crippen LogP) is 3.16. The Kier molecular flexibility index (Phi) is 4.21. The summed E-state index contributed by atoms with van der Waals surface area (Å²) in [6.07, 6.45) is 0.944. The van der Waals surface area contributed by atoms with Crippen LogP contribution >= 0.6 is 12.2 Å². The summed E-state index contributed by atoms with van der Waals surface area (Å²) >= 11 is 5.23. The Hall–Kier alpha value is -2.53. The third kappa shape index (κ3) is 2.75. The summed E-state index contributed by atoms with van der Waals surface area (Å²) in [4.78, 5) is 25.4. The van der Waals surface area contributed by atoms with Gasteiger partial charge in [0.2, 0.25) is 0 Å². The second-order valence-electron chi connectivity index (χ2n) is 5.31. The van der Waals surface area contributed by atoms with E-state index in [1.165, 1.54) is 0 Å². The first-order valence-electron chi connectivity index (χ1n) is 7.49. The number of ketones is 2. The minimum atomic E-state index is -0.156. The average molecular weight is 324 g/mol. The number of rotatable bonds is 3. The van der Waals surface area contributed by atoms with Crippen molar-refractivity contribution in [3.05, 3.63) is 64.7 Å². The van der Waals surface area contributed by atoms with Crippen LogP contribution in [0.5, 0.6) is 0 Å². The van der Waals surface area contributed by atoms with Crippen molar-refractivity contribution in [3.63, 3.8) is 0 Å². The van der Waals surface area contributed by atoms with Gasteiger partial charge in [-0.2, -0.15) is 0 Å². The summed E-state index contributed by atoms with van der Waals surface area (Å²) in [5.74, 6) is -0.289. The second-order valence-corrected chi connectivity index (χ2v) is 5.72. The minimum Gasteiger partial charge on any atom is -0.362 e. The summed E-state index contributed by atoms with van der Waals surface area (Å²) in [6.45, 7) is 2.79. The highest BCUT2D eigenvalue weighted by atomic mass is 32.1. The van der Waals surface area contributed by atoms with Crippen LogP contribution in [0, 0.1) is 0 Å². The highest BCUT2D eigenvalue weighted by Crippen LogP contribution is 2.31. The van der Waals surface area contributed by atoms with Crippen LogP contribution in [0.15, 0.2) is 42.5 Å². The molecule has 0 bridgehead atoms. The molecular formula is C18H16N2O2S. The van der Waals surface area contributed by atoms with E-state index < -0.39 is 0 Å². The zero-order valence-electron chi connectivity index (χ0n) is 12.7. The Morgan fingerprint density at radius 3 is 2.30 bits per heavy atom. The highest BCUT2D eigenvalue weighted by molar-refractivity contribution is 7.80. The first-order valence-corrected chi connectivity index (χ1v) is 7.90. The number of carbonyl (C=O) groups excluding carboxylic acids is 2. The van der Waals surface area contributed by atoms with E-state index in [0.717, 1.165) is 13.0 Å². The Balaban J connectivity index is 2.02. The van der Waals surface area contributed by atoms with Crippen LogP contribution < -0.4 is 10.6 Å². The second kappa shape index (κ2) is 6.30. The Morgan fingerprint density at radius 2 is 1.61 bits per heavy atom. The van der Waals surface area contributed by atoms with Crippen LogP contribution in [-0.4, -0.2) is 23.2 Å². The molecule has 23 heavy (non-hydrogen) atoms. The fraction of sp³-hybridized carbons (Fsp3) is 0.167. The van der Waals surface area contributed by atoms with Crippen molar-refractivity contribution in [2.24, 2.45) is 0 Å². The van der Waals surface area contributed by atoms with E-state index in [1.807, 2.05) is 6.92 Å². The molecular weight excluding hydrogens is 308 g/mol. The molecule has 0 radical (unpaired) electrons. The van der Waals surface area contributed by atoms with Gasteiger partial charge in [-0.1, -0.05) is 43.3 Å². The molecule has 5 heteroatoms. The fourth-order valence-corrected chi connectivity index (χ4v) is 2.87. The fourth-order valence-electron chi connectivity index (χ4n) is 2.65. The number of fused-ring (bicyclic) bond motifs is 2. The molecule has 0 unspecified atom stereocenters. The van der Waals surface area contributed by atoms with Crippen molar-refractivity contribution < 1.29 is 9.59 Å². The van der Waals surface area contributed by atoms with Crippen molar-refractivity contribution in [3.8, 4) is 0 Å². The van der Waals surface area contributed by atoms with Gasteiger partial charge in [-0.15, -0.1) is 0 Å². The first kappa shape index (κ1) is 15.4. The van der Waals surface area contributed by atoms with E-state index in [4.69, 9.17) is 12.2 Å². The standard InChI is InChI=1S/C18H16N2O2S/c1-2-10-19-18(23)20-14-9-5-8-13-15(14)17(22)12-7-4-3-6-11(12)16(13)21/h3-9H,2,10H2,1H3,(H2,19,20,23). The Labute approximate surface area is 139 Å². The lowest BCUT2D eigenvalue weighted by atomic mass is 9.83. The molecule has 3 rings (SSSR count). The summed E-state index contributed by atoms with van der Waals surface area (Å²) in [5.41, 5.74) is 2.25. The molecule has 4 nitrogen and oxygen atoms in total. The lowest BCUT2D eigenvalue weighted by molar-refractivity contribution is 0.0979. The smallest absolute Gasteiger partial charge is 0.196 e. The van der Waals surface area contributed by atoms with Gasteiger partial charge in [-0.25, -0.2) is 0 Å². The molecule has 0 saturated carbocycles. The molecule has 0 heterocycles. The van der Waals surface area contributed by atoms with Crippen LogP contribution in [0.1, 0.15) is 45.2 Å². The van der Waals surface area contributed by atoms with Crippen LogP contribution in [0.3, 0.4) is 0 Å². The third-order valence-electron chi connectivity index (χ3n) is 3.74. The van der Waals surface area contributed by atoms with E-state index in [9.17, 15) is 9.59 Å². The van der Waals surface area contributed by atoms with Gasteiger partial charge in [0.05, 0.1) is 11.3 Å². The monoisotopic (exact) mass is 324 g/mol. The molecule has 0 saturated heterocycles. The van der Waals surface area contributed by atoms with E-state index in [2.05, 4.69) is 10.6 Å². The van der Waals surface area contributed by atoms with Gasteiger partial charge >= 0.3 is 0 Å². The van der Waals surface area contributed by atoms with Crippen molar-refractivity contribution in [1.29, 1.82) is 0 Å². The van der Waals surface area contributed by atoms with Crippen LogP contribution in [0.4, 0.5) is 5.69 Å². The van der Waals surface area contributed by atoms with Gasteiger partial charge in [-0.3, -0.25) is 9.59 Å². The summed E-state index contributed by atoms with van der Waals surface area (Å²) in [7, 11) is 0. The number of hydrogen-bond donors (Lipinski definition) is 2. The Morgan fingerprint density at radius 1 is 0.957 bits per heavy atom. The van der Waals surface area contributed by atoms with E-state index >= 15 is 0 Å². The number of thiocarbonyl (C=S) groups is 1. The van der Waals surface area contributed by atoms with Gasteiger partial charge in [0.25, 0.3) is 0 Å². The third-order valence-corrected chi connectivity index (χ3v) is 3.98. The van der Waals surface area contributed by atoms with Crippen molar-refractivity contribution in [2.45, 2.75) is 13.3 Å². The lowest BCUT2D eigenvalue weighted by Crippen LogP contribution is -2.30. The molecule has 0 aliphatic heterocycles. The average Bonchev–Trinajstić information content (AvgIpc) is 2.57. The van der Waals surface area contributed by atoms with Crippen molar-refractivity contribution in [1.82, 2.24) is 5.32 Å². The van der Waals surface area contributed by atoms with Gasteiger partial charge in [-0.05, 0) is 24.7 Å². The van der Waals surface area contributed by atoms with Crippen LogP contribution in [0.2, 0.25) is 0 Å². The maximum atomic E-state index is 12.8. The molecule has 2 aromatic rings. The zero-order valence-corrected chi connectivity index (χ0v) is 13.5. The van der Waals surface area contributed by atoms with E-state index in [1.54, 1.807) is 42.5 Å². The molecule has 1 aliphatic carbocycles. The zero-order chi connectivity index (χ0) is 16.4.